The number of carbonyl (C=O) groups excluding carboxylic acids is 2. The average Bonchev–Trinajstić information content (AvgIpc) is 3.32. The number of benzene rings is 2. The van der Waals surface area contributed by atoms with E-state index in [1.165, 1.54) is 12.1 Å². The number of para-hydroxylation sites is 1. The lowest BCUT2D eigenvalue weighted by molar-refractivity contribution is -0.121. The fraction of sp³-hybridized carbons (Fsp3) is 0.250. The molecule has 0 radical (unpaired) electrons. The van der Waals surface area contributed by atoms with Crippen molar-refractivity contribution in [2.45, 2.75) is 30.7 Å². The van der Waals surface area contributed by atoms with Crippen LogP contribution >= 0.6 is 0 Å². The lowest BCUT2D eigenvalue weighted by Gasteiger charge is -2.34. The van der Waals surface area contributed by atoms with Crippen LogP contribution in [0.15, 0.2) is 71.5 Å². The molecule has 156 valence electrons. The van der Waals surface area contributed by atoms with Gasteiger partial charge in [0.2, 0.25) is 5.91 Å². The van der Waals surface area contributed by atoms with Gasteiger partial charge in [0.1, 0.15) is 5.69 Å². The Hall–Kier alpha value is -3.74. The Morgan fingerprint density at radius 3 is 2.58 bits per heavy atom. The van der Waals surface area contributed by atoms with Crippen LogP contribution in [0.1, 0.15) is 34.5 Å². The van der Waals surface area contributed by atoms with Crippen molar-refractivity contribution in [3.63, 3.8) is 0 Å². The largest absolute Gasteiger partial charge is 0.333 e. The van der Waals surface area contributed by atoms with Gasteiger partial charge in [-0.2, -0.15) is 5.10 Å². The Balaban J connectivity index is 1.54. The van der Waals surface area contributed by atoms with Crippen LogP contribution in [-0.2, 0) is 16.6 Å². The summed E-state index contributed by atoms with van der Waals surface area (Å²) in [5.74, 6) is -0.333. The molecule has 3 heterocycles. The third-order valence-corrected chi connectivity index (χ3v) is 6.46. The van der Waals surface area contributed by atoms with Crippen LogP contribution in [0.4, 0.5) is 5.69 Å². The van der Waals surface area contributed by atoms with Crippen molar-refractivity contribution in [2.24, 2.45) is 0 Å². The topological polar surface area (TPSA) is 95.2 Å². The molecule has 1 spiro atoms. The molecule has 1 aromatic heterocycles. The molecule has 31 heavy (non-hydrogen) atoms. The van der Waals surface area contributed by atoms with Crippen LogP contribution in [0.3, 0.4) is 0 Å². The first-order valence-electron chi connectivity index (χ1n) is 10.4. The normalized spacial score (nSPS) is 21.9. The Labute approximate surface area is 179 Å². The number of hydrogen-bond acceptors (Lipinski definition) is 4. The molecule has 1 saturated heterocycles. The maximum atomic E-state index is 13.3. The van der Waals surface area contributed by atoms with Gasteiger partial charge < -0.3 is 10.2 Å². The number of nitrogens with zero attached hydrogens (tertiary/aromatic N) is 2. The van der Waals surface area contributed by atoms with E-state index in [-0.39, 0.29) is 29.1 Å². The number of likely N-dealkylation sites (tertiary alicyclic amines) is 1. The molecule has 0 saturated carbocycles. The van der Waals surface area contributed by atoms with Crippen LogP contribution in [0, 0.1) is 0 Å². The van der Waals surface area contributed by atoms with Crippen molar-refractivity contribution in [3.8, 4) is 0 Å². The third kappa shape index (κ3) is 3.13. The first-order valence-corrected chi connectivity index (χ1v) is 10.4. The zero-order chi connectivity index (χ0) is 21.4. The molecular formula is C24H22N4O3. The number of rotatable bonds is 4. The molecule has 5 rings (SSSR count). The van der Waals surface area contributed by atoms with Crippen molar-refractivity contribution < 1.29 is 9.59 Å². The SMILES string of the molecule is O=C(c1ccc(=O)[nH]n1)N1CC[C@]2(C(=O)Nc3ccccc32)[C@@H]1CCc1ccccc1. The van der Waals surface area contributed by atoms with Crippen LogP contribution in [0.25, 0.3) is 0 Å². The van der Waals surface area contributed by atoms with Crippen molar-refractivity contribution in [1.82, 2.24) is 15.1 Å². The quantitative estimate of drug-likeness (QED) is 0.686. The number of H-pyrrole nitrogens is 1. The molecule has 2 aliphatic heterocycles. The Kier molecular flexibility index (Phi) is 4.66. The number of fused-ring (bicyclic) bond motifs is 2. The molecule has 1 fully saturated rings. The van der Waals surface area contributed by atoms with Gasteiger partial charge in [-0.1, -0.05) is 48.5 Å². The highest BCUT2D eigenvalue weighted by Crippen LogP contribution is 2.49. The van der Waals surface area contributed by atoms with Crippen molar-refractivity contribution in [3.05, 3.63) is 93.9 Å². The lowest BCUT2D eigenvalue weighted by atomic mass is 9.73. The van der Waals surface area contributed by atoms with Gasteiger partial charge in [0.05, 0.1) is 11.5 Å². The van der Waals surface area contributed by atoms with E-state index in [0.29, 0.717) is 19.4 Å². The molecule has 0 bridgehead atoms. The summed E-state index contributed by atoms with van der Waals surface area (Å²) in [4.78, 5) is 39.8. The first kappa shape index (κ1) is 19.2. The summed E-state index contributed by atoms with van der Waals surface area (Å²) in [6.07, 6.45) is 1.93. The molecule has 7 heteroatoms. The number of aryl methyl sites for hydroxylation is 1. The minimum atomic E-state index is -0.788. The molecule has 3 aromatic rings. The number of carbonyl (C=O) groups is 2. The zero-order valence-corrected chi connectivity index (χ0v) is 16.9. The fourth-order valence-corrected chi connectivity index (χ4v) is 5.01. The molecule has 2 N–H and O–H groups in total. The van der Waals surface area contributed by atoms with E-state index in [4.69, 9.17) is 0 Å². The van der Waals surface area contributed by atoms with E-state index < -0.39 is 5.41 Å². The van der Waals surface area contributed by atoms with Gasteiger partial charge in [0.25, 0.3) is 11.5 Å². The Bertz CT molecular complexity index is 1190. The van der Waals surface area contributed by atoms with E-state index in [1.54, 1.807) is 4.90 Å². The summed E-state index contributed by atoms with van der Waals surface area (Å²) in [6, 6.07) is 20.2. The number of aromatic amines is 1. The second-order valence-corrected chi connectivity index (χ2v) is 8.07. The predicted octanol–water partition coefficient (Wildman–Crippen LogP) is 2.51. The lowest BCUT2D eigenvalue weighted by Crippen LogP contribution is -2.49. The molecule has 7 nitrogen and oxygen atoms in total. The summed E-state index contributed by atoms with van der Waals surface area (Å²) in [5, 5.41) is 9.28. The standard InChI is InChI=1S/C24H22N4O3/c29-21-13-11-19(26-27-21)22(30)28-15-14-24(17-8-4-5-9-18(17)25-23(24)31)20(28)12-10-16-6-2-1-3-7-16/h1-9,11,13,20H,10,12,14-15H2,(H,25,31)(H,27,29)/t20-,24+/m0/s1. The molecule has 2 atom stereocenters. The second kappa shape index (κ2) is 7.50. The monoisotopic (exact) mass is 414 g/mol. The molecule has 0 aliphatic carbocycles. The van der Waals surface area contributed by atoms with Gasteiger partial charge in [0, 0.05) is 18.3 Å². The highest BCUT2D eigenvalue weighted by Gasteiger charge is 2.58. The maximum Gasteiger partial charge on any atom is 0.274 e. The molecule has 2 aromatic carbocycles. The minimum absolute atomic E-state index is 0.0588. The summed E-state index contributed by atoms with van der Waals surface area (Å²) in [6.45, 7) is 0.445. The third-order valence-electron chi connectivity index (χ3n) is 6.46. The van der Waals surface area contributed by atoms with Gasteiger partial charge in [-0.25, -0.2) is 5.10 Å². The fourth-order valence-electron chi connectivity index (χ4n) is 5.01. The van der Waals surface area contributed by atoms with E-state index in [2.05, 4.69) is 27.6 Å². The minimum Gasteiger partial charge on any atom is -0.333 e. The second-order valence-electron chi connectivity index (χ2n) is 8.07. The first-order chi connectivity index (χ1) is 15.1. The summed E-state index contributed by atoms with van der Waals surface area (Å²) >= 11 is 0. The number of nitrogens with one attached hydrogen (secondary N) is 2. The van der Waals surface area contributed by atoms with Crippen LogP contribution in [-0.4, -0.2) is 39.5 Å². The molecule has 2 amide bonds. The summed E-state index contributed by atoms with van der Waals surface area (Å²) in [7, 11) is 0. The van der Waals surface area contributed by atoms with E-state index >= 15 is 0 Å². The van der Waals surface area contributed by atoms with E-state index in [9.17, 15) is 14.4 Å². The molecule has 0 unspecified atom stereocenters. The number of hydrogen-bond donors (Lipinski definition) is 2. The highest BCUT2D eigenvalue weighted by molar-refractivity contribution is 6.08. The number of amides is 2. The average molecular weight is 414 g/mol. The van der Waals surface area contributed by atoms with Crippen molar-refractivity contribution >= 4 is 17.5 Å². The number of aromatic nitrogens is 2. The van der Waals surface area contributed by atoms with Crippen LogP contribution in [0.5, 0.6) is 0 Å². The maximum absolute atomic E-state index is 13.3. The van der Waals surface area contributed by atoms with Gasteiger partial charge in [-0.05, 0) is 42.5 Å². The van der Waals surface area contributed by atoms with Crippen LogP contribution < -0.4 is 10.9 Å². The van der Waals surface area contributed by atoms with E-state index in [1.807, 2.05) is 42.5 Å². The predicted molar refractivity (Wildman–Crippen MR) is 116 cm³/mol. The Morgan fingerprint density at radius 1 is 1.03 bits per heavy atom. The number of anilines is 1. The highest BCUT2D eigenvalue weighted by atomic mass is 16.2. The van der Waals surface area contributed by atoms with Gasteiger partial charge in [-0.3, -0.25) is 14.4 Å². The van der Waals surface area contributed by atoms with E-state index in [0.717, 1.165) is 23.2 Å². The molecular weight excluding hydrogens is 392 g/mol. The summed E-state index contributed by atoms with van der Waals surface area (Å²) in [5.41, 5.74) is 1.94. The van der Waals surface area contributed by atoms with Gasteiger partial charge in [0.15, 0.2) is 0 Å². The van der Waals surface area contributed by atoms with Gasteiger partial charge >= 0.3 is 0 Å². The summed E-state index contributed by atoms with van der Waals surface area (Å²) < 4.78 is 0. The molecule has 2 aliphatic rings. The zero-order valence-electron chi connectivity index (χ0n) is 16.9. The van der Waals surface area contributed by atoms with Crippen molar-refractivity contribution in [1.29, 1.82) is 0 Å². The smallest absolute Gasteiger partial charge is 0.274 e. The van der Waals surface area contributed by atoms with Crippen molar-refractivity contribution in [2.75, 3.05) is 11.9 Å². The van der Waals surface area contributed by atoms with Gasteiger partial charge in [-0.15, -0.1) is 0 Å². The Morgan fingerprint density at radius 2 is 1.81 bits per heavy atom. The van der Waals surface area contributed by atoms with Crippen LogP contribution in [0.2, 0.25) is 0 Å².